The van der Waals surface area contributed by atoms with Gasteiger partial charge in [0, 0.05) is 19.5 Å². The summed E-state index contributed by atoms with van der Waals surface area (Å²) in [6.45, 7) is 3.32. The Bertz CT molecular complexity index is 587. The average molecular weight is 473 g/mol. The summed E-state index contributed by atoms with van der Waals surface area (Å²) in [7, 11) is 0. The van der Waals surface area contributed by atoms with E-state index in [1.807, 2.05) is 0 Å². The molecule has 6 nitrogen and oxygen atoms in total. The van der Waals surface area contributed by atoms with Crippen molar-refractivity contribution in [3.63, 3.8) is 0 Å². The number of amides is 2. The minimum Gasteiger partial charge on any atom is -0.548 e. The van der Waals surface area contributed by atoms with E-state index in [-0.39, 0.29) is 41.4 Å². The summed E-state index contributed by atoms with van der Waals surface area (Å²) in [5.41, 5.74) is 0. The van der Waals surface area contributed by atoms with E-state index >= 15 is 0 Å². The Hall–Kier alpha value is -0.590. The van der Waals surface area contributed by atoms with Crippen LogP contribution in [0.4, 0.5) is 0 Å². The van der Waals surface area contributed by atoms with Crippen LogP contribution in [0, 0.1) is 0 Å². The molecule has 2 heterocycles. The van der Waals surface area contributed by atoms with Gasteiger partial charge < -0.3 is 19.7 Å². The molecule has 0 radical (unpaired) electrons. The fourth-order valence-electron chi connectivity index (χ4n) is 5.23. The number of likely N-dealkylation sites (tertiary alicyclic amines) is 2. The van der Waals surface area contributed by atoms with Crippen LogP contribution < -0.4 is 34.7 Å². The third-order valence-electron chi connectivity index (χ3n) is 7.16. The van der Waals surface area contributed by atoms with Crippen LogP contribution in [0.25, 0.3) is 0 Å². The molecule has 0 unspecified atom stereocenters. The van der Waals surface area contributed by atoms with Crippen LogP contribution >= 0.6 is 0 Å². The molecule has 2 fully saturated rings. The van der Waals surface area contributed by atoms with E-state index in [4.69, 9.17) is 0 Å². The summed E-state index contributed by atoms with van der Waals surface area (Å²) in [6.07, 6.45) is 19.6. The first-order valence-electron chi connectivity index (χ1n) is 13.4. The Balaban J connectivity index is 0.00000544. The van der Waals surface area contributed by atoms with Gasteiger partial charge in [-0.2, -0.15) is 0 Å². The van der Waals surface area contributed by atoms with Crippen LogP contribution in [0.3, 0.4) is 0 Å². The summed E-state index contributed by atoms with van der Waals surface area (Å²) >= 11 is 0. The normalized spacial score (nSPS) is 20.2. The summed E-state index contributed by atoms with van der Waals surface area (Å²) in [4.78, 5) is 40.1. The molecular formula is C26H45N2NaO4. The summed E-state index contributed by atoms with van der Waals surface area (Å²) in [6, 6.07) is -1.31. The number of rotatable bonds is 16. The van der Waals surface area contributed by atoms with Crippen molar-refractivity contribution >= 4 is 17.8 Å². The molecule has 2 aliphatic rings. The van der Waals surface area contributed by atoms with E-state index in [1.165, 1.54) is 75.5 Å². The standard InChI is InChI=1S/C26H46N2O4.Na/c1-2-3-4-5-6-7-8-9-10-11-12-13-14-19-24(29)27-20-15-17-22(27)25(30)28-21-16-18-23(28)26(31)32;/h22-23H,2-21H2,1H3,(H,31,32);/q;+1/p-1/t22-,23-;/m0./s1. The molecule has 2 rings (SSSR count). The van der Waals surface area contributed by atoms with Gasteiger partial charge in [0.25, 0.3) is 0 Å². The zero-order chi connectivity index (χ0) is 23.2. The third kappa shape index (κ3) is 10.7. The molecule has 0 spiro atoms. The van der Waals surface area contributed by atoms with Gasteiger partial charge in [-0.25, -0.2) is 0 Å². The molecule has 7 heteroatoms. The molecule has 2 aliphatic heterocycles. The van der Waals surface area contributed by atoms with Crippen molar-refractivity contribution in [1.82, 2.24) is 9.80 Å². The van der Waals surface area contributed by atoms with Gasteiger partial charge in [-0.3, -0.25) is 9.59 Å². The SMILES string of the molecule is CCCCCCCCCCCCCCCC(=O)N1CCC[C@H]1C(=O)N1CCC[C@H]1C(=O)[O-].[Na+]. The molecule has 2 amide bonds. The molecule has 0 N–H and O–H groups in total. The van der Waals surface area contributed by atoms with Crippen molar-refractivity contribution in [1.29, 1.82) is 0 Å². The molecule has 0 aromatic rings. The van der Waals surface area contributed by atoms with Crippen molar-refractivity contribution in [2.45, 2.75) is 135 Å². The molecule has 0 aromatic heterocycles. The van der Waals surface area contributed by atoms with Crippen molar-refractivity contribution in [3.8, 4) is 0 Å². The van der Waals surface area contributed by atoms with Gasteiger partial charge in [-0.1, -0.05) is 84.0 Å². The van der Waals surface area contributed by atoms with Crippen LogP contribution in [0.2, 0.25) is 0 Å². The van der Waals surface area contributed by atoms with E-state index in [1.54, 1.807) is 4.90 Å². The number of carbonyl (C=O) groups is 3. The smallest absolute Gasteiger partial charge is 0.548 e. The monoisotopic (exact) mass is 472 g/mol. The molecule has 0 bridgehead atoms. The number of unbranched alkanes of at least 4 members (excludes halogenated alkanes) is 12. The number of carboxylic acid groups (broad SMARTS) is 1. The Labute approximate surface area is 223 Å². The zero-order valence-corrected chi connectivity index (χ0v) is 23.3. The second-order valence-electron chi connectivity index (χ2n) is 9.75. The molecular weight excluding hydrogens is 427 g/mol. The van der Waals surface area contributed by atoms with Crippen molar-refractivity contribution in [2.75, 3.05) is 13.1 Å². The first-order chi connectivity index (χ1) is 15.6. The van der Waals surface area contributed by atoms with Gasteiger partial charge in [-0.15, -0.1) is 0 Å². The Morgan fingerprint density at radius 1 is 0.697 bits per heavy atom. The maximum Gasteiger partial charge on any atom is 1.00 e. The van der Waals surface area contributed by atoms with E-state index in [2.05, 4.69) is 6.92 Å². The van der Waals surface area contributed by atoms with Gasteiger partial charge in [0.05, 0.1) is 12.0 Å². The van der Waals surface area contributed by atoms with Crippen LogP contribution in [0.1, 0.15) is 122 Å². The minimum absolute atomic E-state index is 0. The first-order valence-corrected chi connectivity index (χ1v) is 13.4. The first kappa shape index (κ1) is 30.4. The van der Waals surface area contributed by atoms with E-state index < -0.39 is 18.1 Å². The number of hydrogen-bond acceptors (Lipinski definition) is 4. The Morgan fingerprint density at radius 2 is 1.15 bits per heavy atom. The number of carboxylic acids is 1. The maximum absolute atomic E-state index is 12.9. The van der Waals surface area contributed by atoms with Crippen LogP contribution in [-0.4, -0.2) is 52.8 Å². The Morgan fingerprint density at radius 3 is 1.67 bits per heavy atom. The van der Waals surface area contributed by atoms with Gasteiger partial charge >= 0.3 is 29.6 Å². The Kier molecular flexibility index (Phi) is 16.4. The molecule has 2 saturated heterocycles. The third-order valence-corrected chi connectivity index (χ3v) is 7.16. The largest absolute Gasteiger partial charge is 1.00 e. The predicted molar refractivity (Wildman–Crippen MR) is 125 cm³/mol. The number of hydrogen-bond donors (Lipinski definition) is 0. The average Bonchev–Trinajstić information content (AvgIpc) is 3.46. The van der Waals surface area contributed by atoms with Crippen molar-refractivity contribution in [3.05, 3.63) is 0 Å². The predicted octanol–water partition coefficient (Wildman–Crippen LogP) is 1.20. The number of nitrogens with zero attached hydrogens (tertiary/aromatic N) is 2. The van der Waals surface area contributed by atoms with Gasteiger partial charge in [-0.05, 0) is 32.1 Å². The van der Waals surface area contributed by atoms with Gasteiger partial charge in [0.1, 0.15) is 6.04 Å². The molecule has 33 heavy (non-hydrogen) atoms. The van der Waals surface area contributed by atoms with Crippen LogP contribution in [0.15, 0.2) is 0 Å². The quantitative estimate of drug-likeness (QED) is 0.250. The minimum atomic E-state index is -1.18. The van der Waals surface area contributed by atoms with Crippen LogP contribution in [0.5, 0.6) is 0 Å². The van der Waals surface area contributed by atoms with E-state index in [0.717, 1.165) is 19.3 Å². The fourth-order valence-corrected chi connectivity index (χ4v) is 5.23. The second-order valence-corrected chi connectivity index (χ2v) is 9.75. The van der Waals surface area contributed by atoms with Crippen LogP contribution in [-0.2, 0) is 14.4 Å². The molecule has 184 valence electrons. The van der Waals surface area contributed by atoms with Gasteiger partial charge in [0.2, 0.25) is 11.8 Å². The summed E-state index contributed by atoms with van der Waals surface area (Å²) in [5.74, 6) is -1.33. The van der Waals surface area contributed by atoms with E-state index in [9.17, 15) is 19.5 Å². The fraction of sp³-hybridized carbons (Fsp3) is 0.885. The van der Waals surface area contributed by atoms with Crippen molar-refractivity contribution in [2.24, 2.45) is 0 Å². The maximum atomic E-state index is 12.9. The molecule has 0 saturated carbocycles. The van der Waals surface area contributed by atoms with Gasteiger partial charge in [0.15, 0.2) is 0 Å². The van der Waals surface area contributed by atoms with E-state index in [0.29, 0.717) is 38.8 Å². The topological polar surface area (TPSA) is 80.8 Å². The number of carbonyl (C=O) groups excluding carboxylic acids is 3. The molecule has 2 atom stereocenters. The number of aliphatic carboxylic acids is 1. The summed E-state index contributed by atoms with van der Waals surface area (Å²) < 4.78 is 0. The molecule has 0 aromatic carbocycles. The molecule has 0 aliphatic carbocycles. The zero-order valence-electron chi connectivity index (χ0n) is 21.3. The second kappa shape index (κ2) is 17.8. The summed E-state index contributed by atoms with van der Waals surface area (Å²) in [5, 5.41) is 11.3. The van der Waals surface area contributed by atoms with Crippen molar-refractivity contribution < 1.29 is 49.0 Å².